The molecule has 1 aromatic carbocycles. The first-order valence-electron chi connectivity index (χ1n) is 5.79. The van der Waals surface area contributed by atoms with Crippen LogP contribution in [0.5, 0.6) is 0 Å². The number of carboxylic acids is 1. The summed E-state index contributed by atoms with van der Waals surface area (Å²) in [4.78, 5) is 22.3. The number of nitrogens with zero attached hydrogens (tertiary/aromatic N) is 2. The summed E-state index contributed by atoms with van der Waals surface area (Å²) in [6.07, 6.45) is 0.617. The molecule has 0 unspecified atom stereocenters. The third-order valence-corrected chi connectivity index (χ3v) is 2.75. The first-order valence-corrected chi connectivity index (χ1v) is 5.79. The average Bonchev–Trinajstić information content (AvgIpc) is 2.37. The smallest absolute Gasteiger partial charge is 0.342 e. The number of halogens is 1. The van der Waals surface area contributed by atoms with E-state index >= 15 is 0 Å². The van der Waals surface area contributed by atoms with Crippen LogP contribution < -0.4 is 4.90 Å². The van der Waals surface area contributed by atoms with Crippen molar-refractivity contribution in [1.29, 1.82) is 0 Å². The lowest BCUT2D eigenvalue weighted by Crippen LogP contribution is -2.21. The zero-order chi connectivity index (χ0) is 15.3. The Hall–Kier alpha value is -2.22. The van der Waals surface area contributed by atoms with Gasteiger partial charge in [-0.05, 0) is 12.5 Å². The molecule has 7 nitrogen and oxygen atoms in total. The predicted molar refractivity (Wildman–Crippen MR) is 69.8 cm³/mol. The highest BCUT2D eigenvalue weighted by atomic mass is 19.1. The van der Waals surface area contributed by atoms with E-state index in [1.54, 1.807) is 7.05 Å². The Morgan fingerprint density at radius 1 is 1.55 bits per heavy atom. The third-order valence-electron chi connectivity index (χ3n) is 2.75. The monoisotopic (exact) mass is 286 g/mol. The Bertz CT molecular complexity index is 521. The van der Waals surface area contributed by atoms with Crippen molar-refractivity contribution in [2.75, 3.05) is 32.2 Å². The second kappa shape index (κ2) is 6.80. The minimum absolute atomic E-state index is 0.00380. The maximum Gasteiger partial charge on any atom is 0.342 e. The van der Waals surface area contributed by atoms with Crippen molar-refractivity contribution in [3.63, 3.8) is 0 Å². The first kappa shape index (κ1) is 15.8. The van der Waals surface area contributed by atoms with Gasteiger partial charge >= 0.3 is 5.97 Å². The highest BCUT2D eigenvalue weighted by molar-refractivity contribution is 5.93. The molecule has 0 aliphatic carbocycles. The van der Waals surface area contributed by atoms with Crippen LogP contribution in [0.1, 0.15) is 16.8 Å². The number of anilines is 1. The summed E-state index contributed by atoms with van der Waals surface area (Å²) in [5.74, 6) is -2.30. The third kappa shape index (κ3) is 3.64. The van der Waals surface area contributed by atoms with Gasteiger partial charge in [0.05, 0.1) is 16.7 Å². The van der Waals surface area contributed by atoms with Crippen molar-refractivity contribution in [1.82, 2.24) is 0 Å². The van der Waals surface area contributed by atoms with Gasteiger partial charge in [-0.25, -0.2) is 9.18 Å². The molecule has 0 aromatic heterocycles. The number of benzene rings is 1. The number of methoxy groups -OCH3 is 1. The summed E-state index contributed by atoms with van der Waals surface area (Å²) in [6, 6.07) is 1.61. The largest absolute Gasteiger partial charge is 0.477 e. The predicted octanol–water partition coefficient (Wildman–Crippen LogP) is 1.90. The van der Waals surface area contributed by atoms with Gasteiger partial charge in [0, 0.05) is 27.3 Å². The SMILES string of the molecule is COCCCN(C)c1cc(C(=O)O)c([N+](=O)[O-])cc1F. The zero-order valence-corrected chi connectivity index (χ0v) is 11.1. The van der Waals surface area contributed by atoms with Gasteiger partial charge < -0.3 is 14.7 Å². The van der Waals surface area contributed by atoms with Crippen LogP contribution in [0.25, 0.3) is 0 Å². The van der Waals surface area contributed by atoms with Crippen LogP contribution in [0.3, 0.4) is 0 Å². The second-order valence-electron chi connectivity index (χ2n) is 4.15. The number of carboxylic acid groups (broad SMARTS) is 1. The van der Waals surface area contributed by atoms with Crippen molar-refractivity contribution in [2.45, 2.75) is 6.42 Å². The number of carbonyl (C=O) groups is 1. The quantitative estimate of drug-likeness (QED) is 0.467. The molecule has 0 aliphatic heterocycles. The van der Waals surface area contributed by atoms with Crippen LogP contribution in [0.4, 0.5) is 15.8 Å². The summed E-state index contributed by atoms with van der Waals surface area (Å²) in [6.45, 7) is 0.909. The molecule has 110 valence electrons. The fourth-order valence-electron chi connectivity index (χ4n) is 1.73. The van der Waals surface area contributed by atoms with Gasteiger partial charge in [-0.3, -0.25) is 10.1 Å². The Balaban J connectivity index is 3.12. The molecule has 1 N–H and O–H groups in total. The standard InChI is InChI=1S/C12H15FN2O5/c1-14(4-3-5-20-2)11-6-8(12(16)17)10(15(18)19)7-9(11)13/h6-7H,3-5H2,1-2H3,(H,16,17). The molecule has 0 spiro atoms. The van der Waals surface area contributed by atoms with Crippen LogP contribution in [-0.2, 0) is 4.74 Å². The highest BCUT2D eigenvalue weighted by Gasteiger charge is 2.24. The fourth-order valence-corrected chi connectivity index (χ4v) is 1.73. The number of aromatic carboxylic acids is 1. The number of rotatable bonds is 7. The minimum Gasteiger partial charge on any atom is -0.477 e. The van der Waals surface area contributed by atoms with Crippen molar-refractivity contribution in [3.8, 4) is 0 Å². The molecular formula is C12H15FN2O5. The van der Waals surface area contributed by atoms with Crippen LogP contribution in [0, 0.1) is 15.9 Å². The van der Waals surface area contributed by atoms with Gasteiger partial charge in [0.2, 0.25) is 0 Å². The molecular weight excluding hydrogens is 271 g/mol. The second-order valence-corrected chi connectivity index (χ2v) is 4.15. The van der Waals surface area contributed by atoms with Gasteiger partial charge in [-0.1, -0.05) is 0 Å². The van der Waals surface area contributed by atoms with Gasteiger partial charge in [-0.15, -0.1) is 0 Å². The first-order chi connectivity index (χ1) is 9.38. The van der Waals surface area contributed by atoms with Gasteiger partial charge in [0.15, 0.2) is 5.82 Å². The number of nitro groups is 1. The number of ether oxygens (including phenoxy) is 1. The van der Waals surface area contributed by atoms with E-state index in [1.807, 2.05) is 0 Å². The Kier molecular flexibility index (Phi) is 5.39. The lowest BCUT2D eigenvalue weighted by molar-refractivity contribution is -0.385. The normalized spacial score (nSPS) is 10.3. The van der Waals surface area contributed by atoms with E-state index in [2.05, 4.69) is 0 Å². The van der Waals surface area contributed by atoms with Crippen molar-refractivity contribution >= 4 is 17.3 Å². The number of nitro benzene ring substituents is 1. The lowest BCUT2D eigenvalue weighted by Gasteiger charge is -2.20. The zero-order valence-electron chi connectivity index (χ0n) is 11.1. The molecule has 0 saturated heterocycles. The summed E-state index contributed by atoms with van der Waals surface area (Å²) in [5.41, 5.74) is -1.29. The number of hydrogen-bond acceptors (Lipinski definition) is 5. The Labute approximate surface area is 114 Å². The van der Waals surface area contributed by atoms with E-state index in [0.717, 1.165) is 6.07 Å². The minimum atomic E-state index is -1.47. The topological polar surface area (TPSA) is 92.9 Å². The summed E-state index contributed by atoms with van der Waals surface area (Å²) >= 11 is 0. The molecule has 0 fully saturated rings. The molecule has 0 bridgehead atoms. The van der Waals surface area contributed by atoms with Crippen molar-refractivity contribution < 1.29 is 24.0 Å². The van der Waals surface area contributed by atoms with E-state index in [-0.39, 0.29) is 5.69 Å². The molecule has 0 saturated carbocycles. The van der Waals surface area contributed by atoms with Crippen LogP contribution >= 0.6 is 0 Å². The molecule has 0 amide bonds. The van der Waals surface area contributed by atoms with Crippen molar-refractivity contribution in [3.05, 3.63) is 33.6 Å². The van der Waals surface area contributed by atoms with Crippen molar-refractivity contribution in [2.24, 2.45) is 0 Å². The molecule has 1 aromatic rings. The Morgan fingerprint density at radius 2 is 2.20 bits per heavy atom. The van der Waals surface area contributed by atoms with E-state index in [0.29, 0.717) is 25.6 Å². The maximum atomic E-state index is 13.8. The van der Waals surface area contributed by atoms with E-state index < -0.39 is 28.0 Å². The van der Waals surface area contributed by atoms with Gasteiger partial charge in [0.25, 0.3) is 5.69 Å². The van der Waals surface area contributed by atoms with Gasteiger partial charge in [0.1, 0.15) is 5.56 Å². The molecule has 0 atom stereocenters. The fraction of sp³-hybridized carbons (Fsp3) is 0.417. The van der Waals surface area contributed by atoms with Crippen LogP contribution in [-0.4, -0.2) is 43.3 Å². The lowest BCUT2D eigenvalue weighted by atomic mass is 10.1. The Morgan fingerprint density at radius 3 is 2.70 bits per heavy atom. The summed E-state index contributed by atoms with van der Waals surface area (Å²) in [7, 11) is 3.11. The molecule has 0 radical (unpaired) electrons. The van der Waals surface area contributed by atoms with Gasteiger partial charge in [-0.2, -0.15) is 0 Å². The molecule has 0 heterocycles. The van der Waals surface area contributed by atoms with Crippen LogP contribution in [0.2, 0.25) is 0 Å². The summed E-state index contributed by atoms with van der Waals surface area (Å²) < 4.78 is 18.7. The number of hydrogen-bond donors (Lipinski definition) is 1. The van der Waals surface area contributed by atoms with E-state index in [4.69, 9.17) is 9.84 Å². The van der Waals surface area contributed by atoms with E-state index in [1.165, 1.54) is 12.0 Å². The summed E-state index contributed by atoms with van der Waals surface area (Å²) in [5, 5.41) is 19.7. The highest BCUT2D eigenvalue weighted by Crippen LogP contribution is 2.28. The maximum absolute atomic E-state index is 13.8. The molecule has 1 rings (SSSR count). The average molecular weight is 286 g/mol. The molecule has 0 aliphatic rings. The molecule has 20 heavy (non-hydrogen) atoms. The molecule has 8 heteroatoms. The van der Waals surface area contributed by atoms with E-state index in [9.17, 15) is 19.3 Å². The van der Waals surface area contributed by atoms with Crippen LogP contribution in [0.15, 0.2) is 12.1 Å².